The van der Waals surface area contributed by atoms with Crippen molar-refractivity contribution in [3.05, 3.63) is 18.2 Å². The number of rotatable bonds is 3. The summed E-state index contributed by atoms with van der Waals surface area (Å²) >= 11 is 0. The summed E-state index contributed by atoms with van der Waals surface area (Å²) in [6.07, 6.45) is 4.85. The molecule has 0 radical (unpaired) electrons. The predicted molar refractivity (Wildman–Crippen MR) is 69.0 cm³/mol. The van der Waals surface area contributed by atoms with Crippen LogP contribution in [0.15, 0.2) is 12.5 Å². The summed E-state index contributed by atoms with van der Waals surface area (Å²) in [4.78, 5) is 23.3. The van der Waals surface area contributed by atoms with Gasteiger partial charge in [0.15, 0.2) is 0 Å². The molecule has 6 heteroatoms. The van der Waals surface area contributed by atoms with E-state index in [0.717, 1.165) is 38.3 Å². The van der Waals surface area contributed by atoms with Crippen LogP contribution in [0, 0.1) is 0 Å². The number of hydrogen-bond acceptors (Lipinski definition) is 4. The van der Waals surface area contributed by atoms with E-state index in [4.69, 9.17) is 5.73 Å². The number of amides is 1. The zero-order valence-corrected chi connectivity index (χ0v) is 10.8. The monoisotopic (exact) mass is 251 g/mol. The topological polar surface area (TPSA) is 78.2 Å². The van der Waals surface area contributed by atoms with Crippen molar-refractivity contribution < 1.29 is 4.79 Å². The van der Waals surface area contributed by atoms with Gasteiger partial charge in [0.1, 0.15) is 0 Å². The lowest BCUT2D eigenvalue weighted by Crippen LogP contribution is -2.46. The molecule has 1 fully saturated rings. The van der Waals surface area contributed by atoms with Crippen LogP contribution in [0.25, 0.3) is 0 Å². The smallest absolute Gasteiger partial charge is 0.239 e. The number of imidazole rings is 1. The first-order valence-electron chi connectivity index (χ1n) is 6.37. The Morgan fingerprint density at radius 2 is 2.33 bits per heavy atom. The lowest BCUT2D eigenvalue weighted by Gasteiger charge is -2.23. The first-order valence-corrected chi connectivity index (χ1v) is 6.37. The number of nitrogens with one attached hydrogen (secondary N) is 1. The van der Waals surface area contributed by atoms with Gasteiger partial charge in [0.2, 0.25) is 5.91 Å². The summed E-state index contributed by atoms with van der Waals surface area (Å²) in [5, 5.41) is 0. The number of aromatic nitrogens is 2. The lowest BCUT2D eigenvalue weighted by molar-refractivity contribution is -0.132. The molecule has 6 nitrogen and oxygen atoms in total. The van der Waals surface area contributed by atoms with Crippen LogP contribution in [0.2, 0.25) is 0 Å². The second-order valence-corrected chi connectivity index (χ2v) is 4.87. The minimum Gasteiger partial charge on any atom is -0.348 e. The fraction of sp³-hybridized carbons (Fsp3) is 0.667. The van der Waals surface area contributed by atoms with Crippen molar-refractivity contribution in [3.8, 4) is 0 Å². The number of likely N-dealkylation sites (N-methyl/N-ethyl adjacent to an activating group) is 1. The van der Waals surface area contributed by atoms with E-state index in [-0.39, 0.29) is 5.91 Å². The Kier molecular flexibility index (Phi) is 4.33. The first-order chi connectivity index (χ1) is 8.66. The molecule has 0 bridgehead atoms. The van der Waals surface area contributed by atoms with Gasteiger partial charge in [0, 0.05) is 37.9 Å². The average molecular weight is 251 g/mol. The van der Waals surface area contributed by atoms with Gasteiger partial charge in [-0.1, -0.05) is 0 Å². The Hall–Kier alpha value is -1.40. The van der Waals surface area contributed by atoms with Gasteiger partial charge in [-0.2, -0.15) is 0 Å². The average Bonchev–Trinajstić information content (AvgIpc) is 2.76. The van der Waals surface area contributed by atoms with Gasteiger partial charge >= 0.3 is 0 Å². The van der Waals surface area contributed by atoms with Crippen LogP contribution in [0.5, 0.6) is 0 Å². The Bertz CT molecular complexity index is 378. The van der Waals surface area contributed by atoms with E-state index in [2.05, 4.69) is 21.9 Å². The third-order valence-corrected chi connectivity index (χ3v) is 3.34. The third kappa shape index (κ3) is 3.30. The Labute approximate surface area is 107 Å². The van der Waals surface area contributed by atoms with Crippen molar-refractivity contribution >= 4 is 5.91 Å². The second kappa shape index (κ2) is 5.97. The lowest BCUT2D eigenvalue weighted by atomic mass is 10.1. The standard InChI is InChI=1S/C12H21N5O/c1-16-3-2-4-17(6-5-16)12(18)11(13)7-10-8-14-9-15-10/h8-9,11H,2-7,13H2,1H3,(H,14,15)/t11-/m0/s1. The predicted octanol–water partition coefficient (Wildman–Crippen LogP) is -0.556. The van der Waals surface area contributed by atoms with Crippen molar-refractivity contribution in [2.24, 2.45) is 5.73 Å². The fourth-order valence-electron chi connectivity index (χ4n) is 2.22. The molecule has 0 saturated carbocycles. The zero-order valence-electron chi connectivity index (χ0n) is 10.8. The molecule has 2 rings (SSSR count). The molecule has 100 valence electrons. The van der Waals surface area contributed by atoms with Gasteiger partial charge in [-0.05, 0) is 20.0 Å². The van der Waals surface area contributed by atoms with Crippen LogP contribution in [-0.2, 0) is 11.2 Å². The van der Waals surface area contributed by atoms with Crippen LogP contribution >= 0.6 is 0 Å². The van der Waals surface area contributed by atoms with E-state index in [9.17, 15) is 4.79 Å². The van der Waals surface area contributed by atoms with E-state index in [1.165, 1.54) is 0 Å². The van der Waals surface area contributed by atoms with Crippen molar-refractivity contribution in [3.63, 3.8) is 0 Å². The molecule has 0 aliphatic carbocycles. The Morgan fingerprint density at radius 3 is 3.06 bits per heavy atom. The van der Waals surface area contributed by atoms with Crippen LogP contribution < -0.4 is 5.73 Å². The van der Waals surface area contributed by atoms with Crippen molar-refractivity contribution in [2.45, 2.75) is 18.9 Å². The van der Waals surface area contributed by atoms with Crippen LogP contribution in [0.3, 0.4) is 0 Å². The maximum absolute atomic E-state index is 12.2. The quantitative estimate of drug-likeness (QED) is 0.755. The Morgan fingerprint density at radius 1 is 1.50 bits per heavy atom. The SMILES string of the molecule is CN1CCCN(C(=O)[C@@H](N)Cc2cnc[nH]2)CC1. The molecule has 1 aromatic rings. The maximum Gasteiger partial charge on any atom is 0.239 e. The summed E-state index contributed by atoms with van der Waals surface area (Å²) in [6, 6.07) is -0.478. The number of carbonyl (C=O) groups is 1. The molecule has 1 aliphatic rings. The molecule has 0 aromatic carbocycles. The molecule has 18 heavy (non-hydrogen) atoms. The van der Waals surface area contributed by atoms with Gasteiger partial charge in [0.05, 0.1) is 12.4 Å². The summed E-state index contributed by atoms with van der Waals surface area (Å²) in [7, 11) is 2.08. The zero-order chi connectivity index (χ0) is 13.0. The summed E-state index contributed by atoms with van der Waals surface area (Å²) in [5.74, 6) is 0.0416. The minimum absolute atomic E-state index is 0.0416. The number of aromatic amines is 1. The molecule has 3 N–H and O–H groups in total. The number of nitrogens with zero attached hydrogens (tertiary/aromatic N) is 3. The molecular formula is C12H21N5O. The van der Waals surface area contributed by atoms with E-state index in [1.54, 1.807) is 12.5 Å². The highest BCUT2D eigenvalue weighted by molar-refractivity contribution is 5.82. The molecular weight excluding hydrogens is 230 g/mol. The number of H-pyrrole nitrogens is 1. The number of hydrogen-bond donors (Lipinski definition) is 2. The van der Waals surface area contributed by atoms with E-state index in [0.29, 0.717) is 6.42 Å². The summed E-state index contributed by atoms with van der Waals surface area (Å²) in [6.45, 7) is 3.54. The van der Waals surface area contributed by atoms with Crippen LogP contribution in [0.4, 0.5) is 0 Å². The van der Waals surface area contributed by atoms with Crippen molar-refractivity contribution in [1.29, 1.82) is 0 Å². The molecule has 1 amide bonds. The van der Waals surface area contributed by atoms with Gasteiger partial charge in [-0.15, -0.1) is 0 Å². The van der Waals surface area contributed by atoms with E-state index in [1.807, 2.05) is 4.90 Å². The second-order valence-electron chi connectivity index (χ2n) is 4.87. The molecule has 1 atom stereocenters. The van der Waals surface area contributed by atoms with Crippen molar-refractivity contribution in [2.75, 3.05) is 33.2 Å². The fourth-order valence-corrected chi connectivity index (χ4v) is 2.22. The third-order valence-electron chi connectivity index (χ3n) is 3.34. The first kappa shape index (κ1) is 13.0. The molecule has 0 unspecified atom stereocenters. The van der Waals surface area contributed by atoms with E-state index < -0.39 is 6.04 Å². The largest absolute Gasteiger partial charge is 0.348 e. The minimum atomic E-state index is -0.478. The molecule has 2 heterocycles. The van der Waals surface area contributed by atoms with Gasteiger partial charge in [-0.25, -0.2) is 4.98 Å². The highest BCUT2D eigenvalue weighted by Crippen LogP contribution is 2.05. The normalized spacial score (nSPS) is 19.6. The molecule has 1 aromatic heterocycles. The highest BCUT2D eigenvalue weighted by atomic mass is 16.2. The summed E-state index contributed by atoms with van der Waals surface area (Å²) in [5.41, 5.74) is 6.88. The van der Waals surface area contributed by atoms with Gasteiger partial charge in [0.25, 0.3) is 0 Å². The Balaban J connectivity index is 1.89. The van der Waals surface area contributed by atoms with Crippen molar-refractivity contribution in [1.82, 2.24) is 19.8 Å². The van der Waals surface area contributed by atoms with E-state index >= 15 is 0 Å². The van der Waals surface area contributed by atoms with Gasteiger partial charge < -0.3 is 20.5 Å². The van der Waals surface area contributed by atoms with Gasteiger partial charge in [-0.3, -0.25) is 4.79 Å². The summed E-state index contributed by atoms with van der Waals surface area (Å²) < 4.78 is 0. The number of nitrogens with two attached hydrogens (primary N) is 1. The van der Waals surface area contributed by atoms with Crippen LogP contribution in [-0.4, -0.2) is 64.9 Å². The molecule has 1 saturated heterocycles. The highest BCUT2D eigenvalue weighted by Gasteiger charge is 2.23. The molecule has 1 aliphatic heterocycles. The van der Waals surface area contributed by atoms with Crippen LogP contribution in [0.1, 0.15) is 12.1 Å². The molecule has 0 spiro atoms. The maximum atomic E-state index is 12.2. The number of carbonyl (C=O) groups excluding carboxylic acids is 1.